The van der Waals surface area contributed by atoms with Crippen LogP contribution in [0.5, 0.6) is 0 Å². The zero-order valence-electron chi connectivity index (χ0n) is 29.4. The van der Waals surface area contributed by atoms with Crippen molar-refractivity contribution in [2.75, 3.05) is 34.8 Å². The molecule has 0 saturated carbocycles. The summed E-state index contributed by atoms with van der Waals surface area (Å²) in [6, 6.07) is 48.6. The van der Waals surface area contributed by atoms with Crippen molar-refractivity contribution in [2.45, 2.75) is 27.3 Å². The predicted molar refractivity (Wildman–Crippen MR) is 203 cm³/mol. The molecule has 0 radical (unpaired) electrons. The van der Waals surface area contributed by atoms with E-state index in [-0.39, 0.29) is 29.6 Å². The molecule has 0 atom stereocenters. The van der Waals surface area contributed by atoms with Gasteiger partial charge in [-0.1, -0.05) is 84.2 Å². The van der Waals surface area contributed by atoms with E-state index in [4.69, 9.17) is 17.6 Å². The largest absolute Gasteiger partial charge is 1.00 e. The van der Waals surface area contributed by atoms with E-state index < -0.39 is 10.6 Å². The fourth-order valence-corrected chi connectivity index (χ4v) is 6.42. The third kappa shape index (κ3) is 8.57. The predicted octanol–water partition coefficient (Wildman–Crippen LogP) is 5.23. The monoisotopic (exact) mass is 704 g/mol. The molecule has 0 aliphatic rings. The molecule has 0 bridgehead atoms. The quantitative estimate of drug-likeness (QED) is 0.0686. The van der Waals surface area contributed by atoms with Gasteiger partial charge >= 0.3 is 40.2 Å². The molecule has 51 heavy (non-hydrogen) atoms. The van der Waals surface area contributed by atoms with Gasteiger partial charge in [0.05, 0.1) is 0 Å². The first kappa shape index (κ1) is 37.5. The number of hydrogen-bond acceptors (Lipinski definition) is 7. The van der Waals surface area contributed by atoms with Crippen molar-refractivity contribution in [3.05, 3.63) is 139 Å². The average Bonchev–Trinajstić information content (AvgIpc) is 3.14. The summed E-state index contributed by atoms with van der Waals surface area (Å²) in [5.74, 6) is 0. The van der Waals surface area contributed by atoms with E-state index in [9.17, 15) is 0 Å². The van der Waals surface area contributed by atoms with Crippen molar-refractivity contribution in [2.24, 2.45) is 0 Å². The summed E-state index contributed by atoms with van der Waals surface area (Å²) >= 11 is 0. The number of para-hydroxylation sites is 1. The molecule has 1 heterocycles. The summed E-state index contributed by atoms with van der Waals surface area (Å²) in [5, 5.41) is 5.98. The number of hydrogen-bond donors (Lipinski definition) is 1. The molecule has 6 aromatic carbocycles. The summed E-state index contributed by atoms with van der Waals surface area (Å²) in [5.41, 5.74) is 10.8. The second-order valence-corrected chi connectivity index (χ2v) is 12.2. The maximum atomic E-state index is 8.44. The van der Waals surface area contributed by atoms with Gasteiger partial charge in [0.25, 0.3) is 0 Å². The molecule has 0 saturated heterocycles. The van der Waals surface area contributed by atoms with Crippen LogP contribution in [-0.2, 0) is 17.2 Å². The van der Waals surface area contributed by atoms with Crippen LogP contribution in [0, 0.1) is 6.07 Å². The summed E-state index contributed by atoms with van der Waals surface area (Å²) in [4.78, 5) is 10.0. The minimum Gasteiger partial charge on any atom is -0.408 e. The first-order valence-electron chi connectivity index (χ1n) is 16.8. The van der Waals surface area contributed by atoms with Gasteiger partial charge in [-0.15, -0.1) is 29.3 Å². The summed E-state index contributed by atoms with van der Waals surface area (Å²) in [7, 11) is -3.11. The van der Waals surface area contributed by atoms with Gasteiger partial charge in [-0.05, 0) is 38.5 Å². The van der Waals surface area contributed by atoms with Crippen LogP contribution in [0.4, 0.5) is 22.7 Å². The standard InChI is InChI=1S/C41H38N5.Na.O3S/c1-4-44(5-2)32-23-21-31(22-24-32)42-38-28-40-41(36-20-14-13-19-35(36)38)43-37-26-25-34(45(6-3)29-30-15-9-7-10-16-30)27-39(37)46(40)33-17-11-8-12-18-33;;1-4(2)3/h7-23,25-28H,4-6,29H2,1-3H3;;/q-1;+1;/p+1. The fraction of sp³-hybridized carbons (Fsp3) is 0.171. The Bertz CT molecular complexity index is 2350. The molecule has 7 rings (SSSR count). The summed E-state index contributed by atoms with van der Waals surface area (Å²) < 4.78 is 27.7. The zero-order chi connectivity index (χ0) is 35.0. The van der Waals surface area contributed by atoms with E-state index in [0.717, 1.165) is 81.8 Å². The number of fused-ring (bicyclic) bond motifs is 4. The van der Waals surface area contributed by atoms with Gasteiger partial charge in [0.1, 0.15) is 11.0 Å². The fourth-order valence-electron chi connectivity index (χ4n) is 6.42. The van der Waals surface area contributed by atoms with E-state index in [2.05, 4.69) is 174 Å². The molecule has 7 aromatic rings. The van der Waals surface area contributed by atoms with Gasteiger partial charge in [-0.3, -0.25) is 0 Å². The molecule has 1 aromatic heterocycles. The molecule has 8 nitrogen and oxygen atoms in total. The molecule has 0 spiro atoms. The molecule has 0 fully saturated rings. The summed E-state index contributed by atoms with van der Waals surface area (Å²) in [6.45, 7) is 10.2. The number of anilines is 4. The van der Waals surface area contributed by atoms with Crippen molar-refractivity contribution in [3.63, 3.8) is 0 Å². The molecule has 0 amide bonds. The van der Waals surface area contributed by atoms with Crippen LogP contribution in [0.25, 0.3) is 38.5 Å². The average molecular weight is 705 g/mol. The van der Waals surface area contributed by atoms with Crippen LogP contribution in [-0.4, -0.2) is 37.2 Å². The molecular formula is C41H39N5NaO3S+. The van der Waals surface area contributed by atoms with Crippen LogP contribution in [0.3, 0.4) is 0 Å². The molecule has 1 N–H and O–H groups in total. The Balaban J connectivity index is 0.000000959. The minimum absolute atomic E-state index is 0. The Labute approximate surface area is 322 Å². The van der Waals surface area contributed by atoms with Gasteiger partial charge < -0.3 is 15.1 Å². The third-order valence-corrected chi connectivity index (χ3v) is 8.83. The van der Waals surface area contributed by atoms with Crippen LogP contribution in [0.15, 0.2) is 127 Å². The van der Waals surface area contributed by atoms with Gasteiger partial charge in [-0.2, -0.15) is 12.1 Å². The Morgan fingerprint density at radius 2 is 1.33 bits per heavy atom. The topological polar surface area (TPSA) is 86.5 Å². The van der Waals surface area contributed by atoms with Crippen molar-refractivity contribution >= 4 is 66.2 Å². The SMILES string of the molecule is CCN(CC)c1[c-]cc(Nc2cc3c(nc4ccc(N(CC)Cc5ccccc5)cc4[n+]3-c3ccccc3)c3ccccc23)cc1.O=S(=O)=O.[Na+]. The van der Waals surface area contributed by atoms with E-state index in [1.807, 2.05) is 0 Å². The Kier molecular flexibility index (Phi) is 12.8. The Hall–Kier alpha value is -4.80. The number of rotatable bonds is 10. The smallest absolute Gasteiger partial charge is 0.408 e. The van der Waals surface area contributed by atoms with Crippen molar-refractivity contribution < 1.29 is 46.8 Å². The maximum Gasteiger partial charge on any atom is 1.00 e. The minimum atomic E-state index is -3.11. The van der Waals surface area contributed by atoms with E-state index in [0.29, 0.717) is 0 Å². The maximum absolute atomic E-state index is 8.44. The van der Waals surface area contributed by atoms with Gasteiger partial charge in [0.15, 0.2) is 0 Å². The van der Waals surface area contributed by atoms with E-state index in [1.54, 1.807) is 0 Å². The van der Waals surface area contributed by atoms with Gasteiger partial charge in [-0.25, -0.2) is 4.98 Å². The van der Waals surface area contributed by atoms with Crippen molar-refractivity contribution in [1.82, 2.24) is 4.98 Å². The van der Waals surface area contributed by atoms with E-state index >= 15 is 0 Å². The van der Waals surface area contributed by atoms with Gasteiger partial charge in [0.2, 0.25) is 16.7 Å². The number of aromatic nitrogens is 2. The molecule has 252 valence electrons. The van der Waals surface area contributed by atoms with Gasteiger partial charge in [0, 0.05) is 72.6 Å². The molecule has 0 aliphatic heterocycles. The van der Waals surface area contributed by atoms with Crippen LogP contribution in [0.2, 0.25) is 0 Å². The molecular weight excluding hydrogens is 666 g/mol. The first-order chi connectivity index (χ1) is 24.4. The van der Waals surface area contributed by atoms with Crippen LogP contribution >= 0.6 is 0 Å². The second-order valence-electron chi connectivity index (χ2n) is 11.8. The molecule has 10 heteroatoms. The summed E-state index contributed by atoms with van der Waals surface area (Å²) in [6.07, 6.45) is 0. The number of nitrogens with one attached hydrogen (secondary N) is 1. The second kappa shape index (κ2) is 17.4. The molecule has 0 unspecified atom stereocenters. The van der Waals surface area contributed by atoms with Crippen LogP contribution < -0.4 is 49.2 Å². The number of benzene rings is 6. The third-order valence-electron chi connectivity index (χ3n) is 8.83. The first-order valence-corrected chi connectivity index (χ1v) is 17.8. The van der Waals surface area contributed by atoms with E-state index in [1.165, 1.54) is 11.3 Å². The number of nitrogens with zero attached hydrogens (tertiary/aromatic N) is 4. The normalized spacial score (nSPS) is 10.6. The Morgan fingerprint density at radius 3 is 1.96 bits per heavy atom. The van der Waals surface area contributed by atoms with Crippen LogP contribution in [0.1, 0.15) is 26.3 Å². The Morgan fingerprint density at radius 1 is 0.706 bits per heavy atom. The van der Waals surface area contributed by atoms with Crippen molar-refractivity contribution in [3.8, 4) is 5.69 Å². The van der Waals surface area contributed by atoms with Crippen molar-refractivity contribution in [1.29, 1.82) is 0 Å². The zero-order valence-corrected chi connectivity index (χ0v) is 32.2. The molecule has 0 aliphatic carbocycles.